The Balaban J connectivity index is 1.66. The summed E-state index contributed by atoms with van der Waals surface area (Å²) in [7, 11) is -1.41. The highest BCUT2D eigenvalue weighted by molar-refractivity contribution is 7.91. The fraction of sp³-hybridized carbons (Fsp3) is 0.333. The monoisotopic (exact) mass is 346 g/mol. The summed E-state index contributed by atoms with van der Waals surface area (Å²) >= 11 is 0. The molecule has 0 saturated carbocycles. The molecule has 0 spiro atoms. The zero-order valence-corrected chi connectivity index (χ0v) is 14.4. The van der Waals surface area contributed by atoms with E-state index in [1.165, 1.54) is 0 Å². The topological polar surface area (TPSA) is 67.4 Å². The number of hydrogen-bond acceptors (Lipinski definition) is 5. The number of sulfone groups is 1. The van der Waals surface area contributed by atoms with Gasteiger partial charge < -0.3 is 15.4 Å². The summed E-state index contributed by atoms with van der Waals surface area (Å²) in [6, 6.07) is 17.3. The van der Waals surface area contributed by atoms with Gasteiger partial charge in [0.25, 0.3) is 0 Å². The lowest BCUT2D eigenvalue weighted by molar-refractivity contribution is 0.415. The van der Waals surface area contributed by atoms with Crippen LogP contribution in [0.25, 0.3) is 0 Å². The first-order valence-electron chi connectivity index (χ1n) is 7.94. The average Bonchev–Trinajstić information content (AvgIpc) is 2.88. The van der Waals surface area contributed by atoms with Crippen molar-refractivity contribution in [2.24, 2.45) is 0 Å². The van der Waals surface area contributed by atoms with Crippen LogP contribution in [0.1, 0.15) is 5.56 Å². The van der Waals surface area contributed by atoms with Gasteiger partial charge in [-0.3, -0.25) is 0 Å². The maximum Gasteiger partial charge on any atom is 0.153 e. The van der Waals surface area contributed by atoms with Crippen molar-refractivity contribution < 1.29 is 13.2 Å². The summed E-state index contributed by atoms with van der Waals surface area (Å²) in [5.74, 6) is 1.08. The van der Waals surface area contributed by atoms with Crippen LogP contribution >= 0.6 is 0 Å². The summed E-state index contributed by atoms with van der Waals surface area (Å²) in [5, 5.41) is 6.72. The van der Waals surface area contributed by atoms with Crippen molar-refractivity contribution in [1.82, 2.24) is 5.32 Å². The lowest BCUT2D eigenvalue weighted by atomic mass is 10.1. The minimum absolute atomic E-state index is 0.114. The van der Waals surface area contributed by atoms with Crippen LogP contribution in [0.2, 0.25) is 0 Å². The van der Waals surface area contributed by atoms with Crippen LogP contribution in [-0.4, -0.2) is 39.1 Å². The van der Waals surface area contributed by atoms with Crippen molar-refractivity contribution in [3.8, 4) is 5.75 Å². The van der Waals surface area contributed by atoms with Crippen LogP contribution in [0.5, 0.6) is 5.75 Å². The van der Waals surface area contributed by atoms with Gasteiger partial charge in [0.15, 0.2) is 9.84 Å². The van der Waals surface area contributed by atoms with Gasteiger partial charge in [-0.05, 0) is 29.8 Å². The molecule has 24 heavy (non-hydrogen) atoms. The minimum atomic E-state index is -3.03. The molecule has 0 bridgehead atoms. The first kappa shape index (κ1) is 16.8. The zero-order chi connectivity index (χ0) is 17.0. The zero-order valence-electron chi connectivity index (χ0n) is 13.6. The number of rotatable bonds is 6. The maximum absolute atomic E-state index is 12.1. The van der Waals surface area contributed by atoms with E-state index in [1.807, 2.05) is 54.6 Å². The van der Waals surface area contributed by atoms with Crippen LogP contribution in [-0.2, 0) is 16.4 Å². The fourth-order valence-electron chi connectivity index (χ4n) is 2.94. The van der Waals surface area contributed by atoms with Gasteiger partial charge in [0.2, 0.25) is 0 Å². The van der Waals surface area contributed by atoms with Crippen LogP contribution in [0.4, 0.5) is 5.69 Å². The molecular formula is C18H22N2O3S. The van der Waals surface area contributed by atoms with E-state index in [4.69, 9.17) is 4.74 Å². The van der Waals surface area contributed by atoms with Crippen LogP contribution in [0.15, 0.2) is 54.6 Å². The molecule has 2 N–H and O–H groups in total. The number of benzene rings is 2. The largest absolute Gasteiger partial charge is 0.497 e. The molecule has 0 unspecified atom stereocenters. The highest BCUT2D eigenvalue weighted by Crippen LogP contribution is 2.21. The van der Waals surface area contributed by atoms with Gasteiger partial charge in [0.05, 0.1) is 24.7 Å². The molecule has 0 amide bonds. The quantitative estimate of drug-likeness (QED) is 0.838. The first-order valence-corrected chi connectivity index (χ1v) is 9.76. The van der Waals surface area contributed by atoms with E-state index in [2.05, 4.69) is 10.6 Å². The summed E-state index contributed by atoms with van der Waals surface area (Å²) < 4.78 is 29.3. The Morgan fingerprint density at radius 3 is 2.33 bits per heavy atom. The second kappa shape index (κ2) is 7.23. The molecule has 2 aromatic rings. The van der Waals surface area contributed by atoms with Crippen molar-refractivity contribution >= 4 is 15.5 Å². The Morgan fingerprint density at radius 1 is 1.00 bits per heavy atom. The summed E-state index contributed by atoms with van der Waals surface area (Å²) in [4.78, 5) is 0. The van der Waals surface area contributed by atoms with E-state index in [9.17, 15) is 8.42 Å². The van der Waals surface area contributed by atoms with Gasteiger partial charge >= 0.3 is 0 Å². The third-order valence-corrected chi connectivity index (χ3v) is 5.94. The van der Waals surface area contributed by atoms with Crippen molar-refractivity contribution in [3.63, 3.8) is 0 Å². The number of ether oxygens (including phenoxy) is 1. The molecule has 0 aromatic heterocycles. The molecule has 128 valence electrons. The van der Waals surface area contributed by atoms with Crippen LogP contribution in [0, 0.1) is 0 Å². The summed E-state index contributed by atoms with van der Waals surface area (Å²) in [6.07, 6.45) is 0. The van der Waals surface area contributed by atoms with Gasteiger partial charge in [-0.25, -0.2) is 8.42 Å². The standard InChI is InChI=1S/C18H22N2O3S/c1-23-16-9-7-15(8-10-16)20-18-13-24(21,22)12-17(18)19-11-14-5-3-2-4-6-14/h2-10,17-20H,11-13H2,1H3/t17-,18+/m0/s1. The molecule has 1 aliphatic rings. The molecule has 5 nitrogen and oxygen atoms in total. The Hall–Kier alpha value is -2.05. The van der Waals surface area contributed by atoms with Gasteiger partial charge in [-0.2, -0.15) is 0 Å². The van der Waals surface area contributed by atoms with Crippen LogP contribution < -0.4 is 15.4 Å². The Bertz CT molecular complexity index is 761. The highest BCUT2D eigenvalue weighted by atomic mass is 32.2. The predicted octanol–water partition coefficient (Wildman–Crippen LogP) is 2.06. The van der Waals surface area contributed by atoms with E-state index in [0.29, 0.717) is 6.54 Å². The van der Waals surface area contributed by atoms with E-state index < -0.39 is 9.84 Å². The van der Waals surface area contributed by atoms with Crippen molar-refractivity contribution in [3.05, 3.63) is 60.2 Å². The average molecular weight is 346 g/mol. The molecule has 2 atom stereocenters. The third kappa shape index (κ3) is 4.27. The third-order valence-electron chi connectivity index (χ3n) is 4.21. The summed E-state index contributed by atoms with van der Waals surface area (Å²) in [5.41, 5.74) is 2.04. The van der Waals surface area contributed by atoms with Gasteiger partial charge in [-0.1, -0.05) is 30.3 Å². The molecule has 1 aliphatic heterocycles. The number of methoxy groups -OCH3 is 1. The van der Waals surface area contributed by atoms with E-state index in [-0.39, 0.29) is 23.6 Å². The molecule has 0 radical (unpaired) electrons. The smallest absolute Gasteiger partial charge is 0.153 e. The second-order valence-corrected chi connectivity index (χ2v) is 8.18. The van der Waals surface area contributed by atoms with E-state index in [0.717, 1.165) is 17.0 Å². The SMILES string of the molecule is COc1ccc(N[C@@H]2CS(=O)(=O)C[C@@H]2NCc2ccccc2)cc1. The molecule has 1 saturated heterocycles. The fourth-order valence-corrected chi connectivity index (χ4v) is 4.83. The number of anilines is 1. The molecule has 1 fully saturated rings. The van der Waals surface area contributed by atoms with Gasteiger partial charge in [0, 0.05) is 18.3 Å². The Labute approximate surface area is 143 Å². The second-order valence-electron chi connectivity index (χ2n) is 6.03. The van der Waals surface area contributed by atoms with Gasteiger partial charge in [0.1, 0.15) is 5.75 Å². The van der Waals surface area contributed by atoms with E-state index >= 15 is 0 Å². The van der Waals surface area contributed by atoms with Crippen molar-refractivity contribution in [2.75, 3.05) is 23.9 Å². The molecule has 1 heterocycles. The Kier molecular flexibility index (Phi) is 5.06. The molecular weight excluding hydrogens is 324 g/mol. The molecule has 3 rings (SSSR count). The Morgan fingerprint density at radius 2 is 1.67 bits per heavy atom. The lowest BCUT2D eigenvalue weighted by Gasteiger charge is -2.22. The highest BCUT2D eigenvalue weighted by Gasteiger charge is 2.37. The molecule has 6 heteroatoms. The van der Waals surface area contributed by atoms with Crippen LogP contribution in [0.3, 0.4) is 0 Å². The van der Waals surface area contributed by atoms with Gasteiger partial charge in [-0.15, -0.1) is 0 Å². The van der Waals surface area contributed by atoms with Crippen molar-refractivity contribution in [2.45, 2.75) is 18.6 Å². The number of nitrogens with one attached hydrogen (secondary N) is 2. The first-order chi connectivity index (χ1) is 11.6. The normalized spacial score (nSPS) is 22.2. The lowest BCUT2D eigenvalue weighted by Crippen LogP contribution is -2.42. The summed E-state index contributed by atoms with van der Waals surface area (Å²) in [6.45, 7) is 0.655. The number of hydrogen-bond donors (Lipinski definition) is 2. The molecule has 0 aliphatic carbocycles. The minimum Gasteiger partial charge on any atom is -0.497 e. The van der Waals surface area contributed by atoms with Crippen molar-refractivity contribution in [1.29, 1.82) is 0 Å². The molecule has 2 aromatic carbocycles. The predicted molar refractivity (Wildman–Crippen MR) is 96.1 cm³/mol. The van der Waals surface area contributed by atoms with E-state index in [1.54, 1.807) is 7.11 Å². The maximum atomic E-state index is 12.1.